The molecule has 0 bridgehead atoms. The van der Waals surface area contributed by atoms with Crippen LogP contribution in [0.4, 0.5) is 11.4 Å². The summed E-state index contributed by atoms with van der Waals surface area (Å²) in [5.41, 5.74) is 2.71. The van der Waals surface area contributed by atoms with Crippen LogP contribution in [-0.2, 0) is 17.6 Å². The Hall–Kier alpha value is -1.52. The average Bonchev–Trinajstić information content (AvgIpc) is 3.04. The largest absolute Gasteiger partial charge is 0.376 e. The molecule has 1 aromatic carbocycles. The number of anilines is 2. The topological polar surface area (TPSA) is 41.1 Å². The van der Waals surface area contributed by atoms with Gasteiger partial charge in [-0.2, -0.15) is 0 Å². The minimum atomic E-state index is 0.0251. The molecular formula is C16H17ClN2OS. The van der Waals surface area contributed by atoms with Crippen molar-refractivity contribution in [2.75, 3.05) is 10.6 Å². The Morgan fingerprint density at radius 2 is 2.24 bits per heavy atom. The summed E-state index contributed by atoms with van der Waals surface area (Å²) in [6, 6.07) is 8.32. The van der Waals surface area contributed by atoms with Crippen LogP contribution in [0.3, 0.4) is 0 Å². The van der Waals surface area contributed by atoms with E-state index in [0.717, 1.165) is 23.4 Å². The van der Waals surface area contributed by atoms with E-state index in [9.17, 15) is 4.79 Å². The van der Waals surface area contributed by atoms with Crippen LogP contribution < -0.4 is 10.6 Å². The molecule has 1 amide bonds. The second-order valence-corrected chi connectivity index (χ2v) is 6.84. The van der Waals surface area contributed by atoms with Gasteiger partial charge in [-0.05, 0) is 43.2 Å². The third kappa shape index (κ3) is 2.92. The maximum absolute atomic E-state index is 11.4. The van der Waals surface area contributed by atoms with E-state index in [1.165, 1.54) is 9.75 Å². The second kappa shape index (κ2) is 5.70. The van der Waals surface area contributed by atoms with Gasteiger partial charge < -0.3 is 10.6 Å². The number of carbonyl (C=O) groups is 1. The van der Waals surface area contributed by atoms with Crippen molar-refractivity contribution in [1.29, 1.82) is 0 Å². The number of amides is 1. The average molecular weight is 321 g/mol. The van der Waals surface area contributed by atoms with Gasteiger partial charge in [-0.3, -0.25) is 4.79 Å². The summed E-state index contributed by atoms with van der Waals surface area (Å²) in [5, 5.41) is 6.89. The van der Waals surface area contributed by atoms with Crippen LogP contribution in [0.5, 0.6) is 0 Å². The minimum absolute atomic E-state index is 0.0251. The molecule has 5 heteroatoms. The molecule has 0 spiro atoms. The van der Waals surface area contributed by atoms with Crippen LogP contribution in [0.15, 0.2) is 24.3 Å². The number of benzene rings is 1. The lowest BCUT2D eigenvalue weighted by molar-refractivity contribution is -0.115. The molecule has 1 atom stereocenters. The molecule has 0 radical (unpaired) electrons. The molecule has 0 saturated heterocycles. The lowest BCUT2D eigenvalue weighted by Gasteiger charge is -2.16. The Kier molecular flexibility index (Phi) is 3.91. The van der Waals surface area contributed by atoms with Crippen LogP contribution in [0.2, 0.25) is 5.02 Å². The molecule has 110 valence electrons. The number of aryl methyl sites for hydroxylation is 1. The van der Waals surface area contributed by atoms with Gasteiger partial charge in [-0.25, -0.2) is 0 Å². The second-order valence-electron chi connectivity index (χ2n) is 5.24. The first-order valence-electron chi connectivity index (χ1n) is 7.04. The summed E-state index contributed by atoms with van der Waals surface area (Å²) >= 11 is 8.13. The summed E-state index contributed by atoms with van der Waals surface area (Å²) in [5.74, 6) is 0.0251. The van der Waals surface area contributed by atoms with Gasteiger partial charge in [0.25, 0.3) is 0 Å². The number of halogens is 1. The molecule has 1 aliphatic rings. The number of rotatable bonds is 4. The summed E-state index contributed by atoms with van der Waals surface area (Å²) in [6.45, 7) is 4.29. The molecule has 2 N–H and O–H groups in total. The first kappa shape index (κ1) is 14.4. The van der Waals surface area contributed by atoms with Crippen molar-refractivity contribution in [2.24, 2.45) is 0 Å². The highest BCUT2D eigenvalue weighted by Crippen LogP contribution is 2.35. The van der Waals surface area contributed by atoms with Crippen molar-refractivity contribution in [3.05, 3.63) is 44.6 Å². The highest BCUT2D eigenvalue weighted by molar-refractivity contribution is 7.12. The Morgan fingerprint density at radius 1 is 1.43 bits per heavy atom. The maximum atomic E-state index is 11.4. The van der Waals surface area contributed by atoms with Crippen molar-refractivity contribution < 1.29 is 4.79 Å². The first-order chi connectivity index (χ1) is 10.1. The standard InChI is InChI=1S/C16H17ClN2OS/c1-3-11-4-5-15(21-11)9(2)18-14-6-10-7-16(20)19-13(10)8-12(14)17/h4-6,8-9,18H,3,7H2,1-2H3,(H,19,20). The van der Waals surface area contributed by atoms with Gasteiger partial charge in [0.15, 0.2) is 0 Å². The molecule has 2 heterocycles. The number of carbonyl (C=O) groups excluding carboxylic acids is 1. The lowest BCUT2D eigenvalue weighted by atomic mass is 10.1. The minimum Gasteiger partial charge on any atom is -0.376 e. The molecular weight excluding hydrogens is 304 g/mol. The van der Waals surface area contributed by atoms with E-state index in [4.69, 9.17) is 11.6 Å². The Labute approximate surface area is 133 Å². The van der Waals surface area contributed by atoms with Crippen LogP contribution in [0, 0.1) is 0 Å². The molecule has 0 fully saturated rings. The monoisotopic (exact) mass is 320 g/mol. The zero-order valence-corrected chi connectivity index (χ0v) is 13.6. The van der Waals surface area contributed by atoms with Gasteiger partial charge in [-0.1, -0.05) is 18.5 Å². The van der Waals surface area contributed by atoms with Gasteiger partial charge >= 0.3 is 0 Å². The highest BCUT2D eigenvalue weighted by Gasteiger charge is 2.20. The molecule has 0 aliphatic carbocycles. The molecule has 21 heavy (non-hydrogen) atoms. The molecule has 1 unspecified atom stereocenters. The third-order valence-electron chi connectivity index (χ3n) is 3.65. The van der Waals surface area contributed by atoms with E-state index < -0.39 is 0 Å². The molecule has 1 aliphatic heterocycles. The predicted molar refractivity (Wildman–Crippen MR) is 89.5 cm³/mol. The highest BCUT2D eigenvalue weighted by atomic mass is 35.5. The Balaban J connectivity index is 1.81. The molecule has 3 nitrogen and oxygen atoms in total. The normalized spacial score (nSPS) is 14.7. The fourth-order valence-electron chi connectivity index (χ4n) is 2.48. The van der Waals surface area contributed by atoms with E-state index in [-0.39, 0.29) is 11.9 Å². The summed E-state index contributed by atoms with van der Waals surface area (Å²) in [6.07, 6.45) is 1.49. The zero-order valence-electron chi connectivity index (χ0n) is 12.0. The fourth-order valence-corrected chi connectivity index (χ4v) is 3.65. The number of hydrogen-bond acceptors (Lipinski definition) is 3. The van der Waals surface area contributed by atoms with E-state index >= 15 is 0 Å². The van der Waals surface area contributed by atoms with Gasteiger partial charge in [0.2, 0.25) is 5.91 Å². The molecule has 0 saturated carbocycles. The lowest BCUT2D eigenvalue weighted by Crippen LogP contribution is -2.05. The maximum Gasteiger partial charge on any atom is 0.228 e. The number of hydrogen-bond donors (Lipinski definition) is 2. The van der Waals surface area contributed by atoms with E-state index in [0.29, 0.717) is 11.4 Å². The van der Waals surface area contributed by atoms with Gasteiger partial charge in [-0.15, -0.1) is 11.3 Å². The summed E-state index contributed by atoms with van der Waals surface area (Å²) < 4.78 is 0. The van der Waals surface area contributed by atoms with Crippen LogP contribution in [0.25, 0.3) is 0 Å². The number of fused-ring (bicyclic) bond motifs is 1. The summed E-state index contributed by atoms with van der Waals surface area (Å²) in [7, 11) is 0. The van der Waals surface area contributed by atoms with Crippen LogP contribution in [0.1, 0.15) is 35.2 Å². The van der Waals surface area contributed by atoms with Crippen molar-refractivity contribution in [3.8, 4) is 0 Å². The van der Waals surface area contributed by atoms with Gasteiger partial charge in [0.05, 0.1) is 23.2 Å². The first-order valence-corrected chi connectivity index (χ1v) is 8.23. The van der Waals surface area contributed by atoms with Crippen molar-refractivity contribution >= 4 is 40.2 Å². The predicted octanol–water partition coefficient (Wildman–Crippen LogP) is 4.63. The van der Waals surface area contributed by atoms with Crippen LogP contribution in [-0.4, -0.2) is 5.91 Å². The molecule has 1 aromatic heterocycles. The SMILES string of the molecule is CCc1ccc(C(C)Nc2cc3c(cc2Cl)NC(=O)C3)s1. The zero-order chi connectivity index (χ0) is 15.0. The van der Waals surface area contributed by atoms with Gasteiger partial charge in [0, 0.05) is 15.4 Å². The Bertz CT molecular complexity index is 696. The number of thiophene rings is 1. The van der Waals surface area contributed by atoms with Gasteiger partial charge in [0.1, 0.15) is 0 Å². The molecule has 3 rings (SSSR count). The van der Waals surface area contributed by atoms with Crippen LogP contribution >= 0.6 is 22.9 Å². The summed E-state index contributed by atoms with van der Waals surface area (Å²) in [4.78, 5) is 14.1. The van der Waals surface area contributed by atoms with Crippen molar-refractivity contribution in [1.82, 2.24) is 0 Å². The third-order valence-corrected chi connectivity index (χ3v) is 5.37. The van der Waals surface area contributed by atoms with E-state index in [1.54, 1.807) is 0 Å². The van der Waals surface area contributed by atoms with E-state index in [2.05, 4.69) is 36.6 Å². The number of nitrogens with one attached hydrogen (secondary N) is 2. The molecule has 2 aromatic rings. The van der Waals surface area contributed by atoms with Crippen molar-refractivity contribution in [3.63, 3.8) is 0 Å². The van der Waals surface area contributed by atoms with E-state index in [1.807, 2.05) is 23.5 Å². The van der Waals surface area contributed by atoms with Crippen molar-refractivity contribution in [2.45, 2.75) is 32.7 Å². The Morgan fingerprint density at radius 3 is 2.95 bits per heavy atom. The fraction of sp³-hybridized carbons (Fsp3) is 0.312. The smallest absolute Gasteiger partial charge is 0.228 e. The quantitative estimate of drug-likeness (QED) is 0.862.